The summed E-state index contributed by atoms with van der Waals surface area (Å²) in [5.41, 5.74) is 1.06. The first-order valence-electron chi connectivity index (χ1n) is 6.75. The number of anilines is 2. The van der Waals surface area contributed by atoms with E-state index in [0.29, 0.717) is 23.0 Å². The first kappa shape index (κ1) is 15.4. The fraction of sp³-hybridized carbons (Fsp3) is 0.267. The number of halogens is 1. The smallest absolute Gasteiger partial charge is 0.274 e. The minimum absolute atomic E-state index is 0.252. The van der Waals surface area contributed by atoms with Crippen molar-refractivity contribution in [2.45, 2.75) is 20.3 Å². The maximum absolute atomic E-state index is 12.3. The van der Waals surface area contributed by atoms with Crippen LogP contribution in [0.2, 0.25) is 0 Å². The minimum Gasteiger partial charge on any atom is -0.370 e. The molecule has 1 aromatic heterocycles. The molecule has 0 bridgehead atoms. The lowest BCUT2D eigenvalue weighted by Crippen LogP contribution is -2.16. The van der Waals surface area contributed by atoms with E-state index in [0.717, 1.165) is 17.4 Å². The Morgan fingerprint density at radius 3 is 2.81 bits per heavy atom. The Hall–Kier alpha value is -1.95. The maximum Gasteiger partial charge on any atom is 0.274 e. The van der Waals surface area contributed by atoms with Gasteiger partial charge in [-0.2, -0.15) is 0 Å². The highest BCUT2D eigenvalue weighted by Gasteiger charge is 2.11. The van der Waals surface area contributed by atoms with E-state index in [1.54, 1.807) is 13.0 Å². The summed E-state index contributed by atoms with van der Waals surface area (Å²) in [6.07, 6.45) is 0.989. The molecule has 1 aromatic carbocycles. The van der Waals surface area contributed by atoms with Crippen LogP contribution < -0.4 is 10.6 Å². The molecule has 0 saturated heterocycles. The molecule has 2 N–H and O–H groups in total. The van der Waals surface area contributed by atoms with Crippen molar-refractivity contribution in [3.05, 3.63) is 46.3 Å². The number of rotatable bonds is 5. The molecule has 0 aliphatic heterocycles. The summed E-state index contributed by atoms with van der Waals surface area (Å²) in [4.78, 5) is 20.7. The molecule has 2 aromatic rings. The summed E-state index contributed by atoms with van der Waals surface area (Å²) in [6.45, 7) is 4.65. The van der Waals surface area contributed by atoms with Crippen LogP contribution in [0.15, 0.2) is 34.8 Å². The quantitative estimate of drug-likeness (QED) is 0.865. The van der Waals surface area contributed by atoms with E-state index in [1.807, 2.05) is 24.3 Å². The molecule has 0 spiro atoms. The average Bonchev–Trinajstić information content (AvgIpc) is 2.44. The Morgan fingerprint density at radius 2 is 2.10 bits per heavy atom. The Balaban J connectivity index is 2.16. The second kappa shape index (κ2) is 7.17. The number of nitrogens with one attached hydrogen (secondary N) is 2. The van der Waals surface area contributed by atoms with E-state index in [9.17, 15) is 4.79 Å². The molecular weight excluding hydrogens is 332 g/mol. The number of carbonyl (C=O) groups is 1. The molecule has 1 amide bonds. The summed E-state index contributed by atoms with van der Waals surface area (Å²) in [6, 6.07) is 9.08. The van der Waals surface area contributed by atoms with E-state index in [4.69, 9.17) is 0 Å². The molecule has 0 aliphatic rings. The van der Waals surface area contributed by atoms with Crippen LogP contribution in [0.4, 0.5) is 11.5 Å². The Bertz CT molecular complexity index is 645. The van der Waals surface area contributed by atoms with Gasteiger partial charge in [-0.1, -0.05) is 28.9 Å². The van der Waals surface area contributed by atoms with Gasteiger partial charge in [0, 0.05) is 22.8 Å². The van der Waals surface area contributed by atoms with Gasteiger partial charge in [-0.25, -0.2) is 9.97 Å². The van der Waals surface area contributed by atoms with Gasteiger partial charge in [0.25, 0.3) is 5.91 Å². The standard InChI is InChI=1S/C15H17BrN4O/c1-3-7-17-14-9-13(18-10(2)19-14)15(21)20-12-6-4-5-11(16)8-12/h4-6,8-9H,3,7H2,1-2H3,(H,20,21)(H,17,18,19). The topological polar surface area (TPSA) is 66.9 Å². The third kappa shape index (κ3) is 4.53. The molecule has 6 heteroatoms. The van der Waals surface area contributed by atoms with Crippen molar-refractivity contribution in [1.82, 2.24) is 9.97 Å². The van der Waals surface area contributed by atoms with Crippen molar-refractivity contribution in [2.24, 2.45) is 0 Å². The largest absolute Gasteiger partial charge is 0.370 e. The van der Waals surface area contributed by atoms with Crippen molar-refractivity contribution >= 4 is 33.3 Å². The maximum atomic E-state index is 12.3. The van der Waals surface area contributed by atoms with Crippen LogP contribution in [-0.4, -0.2) is 22.4 Å². The van der Waals surface area contributed by atoms with Crippen molar-refractivity contribution < 1.29 is 4.79 Å². The Labute approximate surface area is 132 Å². The zero-order valence-corrected chi connectivity index (χ0v) is 13.6. The molecule has 0 saturated carbocycles. The van der Waals surface area contributed by atoms with Gasteiger partial charge in [-0.3, -0.25) is 4.79 Å². The monoisotopic (exact) mass is 348 g/mol. The minimum atomic E-state index is -0.252. The highest BCUT2D eigenvalue weighted by Crippen LogP contribution is 2.16. The predicted octanol–water partition coefficient (Wildman–Crippen LogP) is 3.62. The third-order valence-electron chi connectivity index (χ3n) is 2.71. The van der Waals surface area contributed by atoms with Gasteiger partial charge in [0.05, 0.1) is 0 Å². The second-order valence-corrected chi connectivity index (χ2v) is 5.49. The van der Waals surface area contributed by atoms with Gasteiger partial charge in [0.2, 0.25) is 0 Å². The Morgan fingerprint density at radius 1 is 1.29 bits per heavy atom. The lowest BCUT2D eigenvalue weighted by Gasteiger charge is -2.08. The van der Waals surface area contributed by atoms with E-state index < -0.39 is 0 Å². The summed E-state index contributed by atoms with van der Waals surface area (Å²) < 4.78 is 0.907. The molecule has 5 nitrogen and oxygen atoms in total. The lowest BCUT2D eigenvalue weighted by atomic mass is 10.3. The van der Waals surface area contributed by atoms with Crippen molar-refractivity contribution in [1.29, 1.82) is 0 Å². The number of aryl methyl sites for hydroxylation is 1. The highest BCUT2D eigenvalue weighted by atomic mass is 79.9. The molecule has 1 heterocycles. The molecular formula is C15H17BrN4O. The van der Waals surface area contributed by atoms with Gasteiger partial charge in [0.1, 0.15) is 17.3 Å². The summed E-state index contributed by atoms with van der Waals surface area (Å²) in [7, 11) is 0. The number of benzene rings is 1. The number of nitrogens with zero attached hydrogens (tertiary/aromatic N) is 2. The molecule has 0 fully saturated rings. The molecule has 0 aliphatic carbocycles. The first-order chi connectivity index (χ1) is 10.1. The van der Waals surface area contributed by atoms with Crippen LogP contribution in [-0.2, 0) is 0 Å². The van der Waals surface area contributed by atoms with Crippen molar-refractivity contribution in [3.63, 3.8) is 0 Å². The normalized spacial score (nSPS) is 10.2. The number of aromatic nitrogens is 2. The van der Waals surface area contributed by atoms with Crippen LogP contribution in [0, 0.1) is 6.92 Å². The first-order valence-corrected chi connectivity index (χ1v) is 7.54. The van der Waals surface area contributed by atoms with Gasteiger partial charge in [-0.15, -0.1) is 0 Å². The van der Waals surface area contributed by atoms with Gasteiger partial charge in [0.15, 0.2) is 0 Å². The van der Waals surface area contributed by atoms with Crippen LogP contribution >= 0.6 is 15.9 Å². The SMILES string of the molecule is CCCNc1cc(C(=O)Nc2cccc(Br)c2)nc(C)n1. The summed E-state index contributed by atoms with van der Waals surface area (Å²) in [5, 5.41) is 5.99. The number of carbonyl (C=O) groups excluding carboxylic acids is 1. The van der Waals surface area contributed by atoms with E-state index in [-0.39, 0.29) is 5.91 Å². The summed E-state index contributed by atoms with van der Waals surface area (Å²) in [5.74, 6) is 0.984. The second-order valence-electron chi connectivity index (χ2n) is 4.58. The van der Waals surface area contributed by atoms with E-state index in [1.165, 1.54) is 0 Å². The van der Waals surface area contributed by atoms with Crippen LogP contribution in [0.5, 0.6) is 0 Å². The van der Waals surface area contributed by atoms with E-state index in [2.05, 4.69) is 43.5 Å². The summed E-state index contributed by atoms with van der Waals surface area (Å²) >= 11 is 3.37. The molecule has 110 valence electrons. The Kier molecular flexibility index (Phi) is 5.27. The predicted molar refractivity (Wildman–Crippen MR) is 87.6 cm³/mol. The van der Waals surface area contributed by atoms with Crippen molar-refractivity contribution in [3.8, 4) is 0 Å². The molecule has 0 unspecified atom stereocenters. The fourth-order valence-corrected chi connectivity index (χ4v) is 2.19. The lowest BCUT2D eigenvalue weighted by molar-refractivity contribution is 0.102. The van der Waals surface area contributed by atoms with Crippen molar-refractivity contribution in [2.75, 3.05) is 17.2 Å². The van der Waals surface area contributed by atoms with E-state index >= 15 is 0 Å². The fourth-order valence-electron chi connectivity index (χ4n) is 1.79. The van der Waals surface area contributed by atoms with Gasteiger partial charge < -0.3 is 10.6 Å². The van der Waals surface area contributed by atoms with Gasteiger partial charge >= 0.3 is 0 Å². The van der Waals surface area contributed by atoms with Gasteiger partial charge in [-0.05, 0) is 31.5 Å². The zero-order valence-electron chi connectivity index (χ0n) is 12.0. The third-order valence-corrected chi connectivity index (χ3v) is 3.20. The van der Waals surface area contributed by atoms with Crippen LogP contribution in [0.1, 0.15) is 29.7 Å². The number of amides is 1. The molecule has 21 heavy (non-hydrogen) atoms. The highest BCUT2D eigenvalue weighted by molar-refractivity contribution is 9.10. The molecule has 0 atom stereocenters. The van der Waals surface area contributed by atoms with Crippen LogP contribution in [0.25, 0.3) is 0 Å². The average molecular weight is 349 g/mol. The van der Waals surface area contributed by atoms with Crippen LogP contribution in [0.3, 0.4) is 0 Å². The number of hydrogen-bond acceptors (Lipinski definition) is 4. The zero-order chi connectivity index (χ0) is 15.2. The molecule has 2 rings (SSSR count). The number of hydrogen-bond donors (Lipinski definition) is 2. The molecule has 0 radical (unpaired) electrons.